The molecule has 1 aliphatic heterocycles. The SMILES string of the molecule is CC(C)(CCN)CCC(=O)N1CCc2ccc(F)cc21. The first-order chi connectivity index (χ1) is 9.43. The fraction of sp³-hybridized carbons (Fsp3) is 0.562. The van der Waals surface area contributed by atoms with Crippen LogP contribution in [0.1, 0.15) is 38.7 Å². The molecule has 1 aromatic rings. The Kier molecular flexibility index (Phi) is 4.43. The monoisotopic (exact) mass is 278 g/mol. The summed E-state index contributed by atoms with van der Waals surface area (Å²) in [7, 11) is 0. The fourth-order valence-electron chi connectivity index (χ4n) is 2.71. The van der Waals surface area contributed by atoms with Crippen molar-refractivity contribution < 1.29 is 9.18 Å². The first-order valence-corrected chi connectivity index (χ1v) is 7.22. The summed E-state index contributed by atoms with van der Waals surface area (Å²) in [6.45, 7) is 5.56. The molecule has 0 bridgehead atoms. The molecule has 0 unspecified atom stereocenters. The predicted molar refractivity (Wildman–Crippen MR) is 79.1 cm³/mol. The van der Waals surface area contributed by atoms with Gasteiger partial charge in [-0.1, -0.05) is 19.9 Å². The number of carbonyl (C=O) groups is 1. The zero-order valence-electron chi connectivity index (χ0n) is 12.3. The van der Waals surface area contributed by atoms with Crippen molar-refractivity contribution in [2.45, 2.75) is 39.5 Å². The summed E-state index contributed by atoms with van der Waals surface area (Å²) < 4.78 is 13.3. The molecule has 0 radical (unpaired) electrons. The van der Waals surface area contributed by atoms with Crippen LogP contribution in [-0.4, -0.2) is 19.0 Å². The van der Waals surface area contributed by atoms with Crippen LogP contribution in [0.3, 0.4) is 0 Å². The highest BCUT2D eigenvalue weighted by Gasteiger charge is 2.26. The molecule has 4 heteroatoms. The Morgan fingerprint density at radius 1 is 1.40 bits per heavy atom. The van der Waals surface area contributed by atoms with E-state index >= 15 is 0 Å². The largest absolute Gasteiger partial charge is 0.330 e. The van der Waals surface area contributed by atoms with Crippen molar-refractivity contribution >= 4 is 11.6 Å². The molecule has 0 aromatic heterocycles. The van der Waals surface area contributed by atoms with E-state index < -0.39 is 0 Å². The Labute approximate surface area is 120 Å². The number of halogens is 1. The molecule has 2 N–H and O–H groups in total. The van der Waals surface area contributed by atoms with Gasteiger partial charge in [0, 0.05) is 18.7 Å². The molecule has 0 aliphatic carbocycles. The number of anilines is 1. The van der Waals surface area contributed by atoms with E-state index in [1.165, 1.54) is 12.1 Å². The van der Waals surface area contributed by atoms with Crippen LogP contribution >= 0.6 is 0 Å². The lowest BCUT2D eigenvalue weighted by atomic mass is 9.84. The van der Waals surface area contributed by atoms with Gasteiger partial charge in [-0.3, -0.25) is 4.79 Å². The molecule has 0 spiro atoms. The van der Waals surface area contributed by atoms with Gasteiger partial charge in [0.25, 0.3) is 0 Å². The van der Waals surface area contributed by atoms with Gasteiger partial charge in [-0.25, -0.2) is 4.39 Å². The number of fused-ring (bicyclic) bond motifs is 1. The minimum absolute atomic E-state index is 0.0783. The molecule has 3 nitrogen and oxygen atoms in total. The summed E-state index contributed by atoms with van der Waals surface area (Å²) in [4.78, 5) is 14.1. The maximum Gasteiger partial charge on any atom is 0.227 e. The van der Waals surface area contributed by atoms with E-state index in [0.717, 1.165) is 30.5 Å². The van der Waals surface area contributed by atoms with E-state index in [1.54, 1.807) is 11.0 Å². The van der Waals surface area contributed by atoms with E-state index in [9.17, 15) is 9.18 Å². The average molecular weight is 278 g/mol. The third-order valence-electron chi connectivity index (χ3n) is 4.08. The lowest BCUT2D eigenvalue weighted by Crippen LogP contribution is -2.30. The van der Waals surface area contributed by atoms with Crippen LogP contribution in [0.25, 0.3) is 0 Å². The third-order valence-corrected chi connectivity index (χ3v) is 4.08. The minimum atomic E-state index is -0.285. The molecule has 1 amide bonds. The Balaban J connectivity index is 2.00. The van der Waals surface area contributed by atoms with Crippen LogP contribution in [-0.2, 0) is 11.2 Å². The number of rotatable bonds is 5. The average Bonchev–Trinajstić information content (AvgIpc) is 2.79. The topological polar surface area (TPSA) is 46.3 Å². The van der Waals surface area contributed by atoms with Crippen molar-refractivity contribution in [1.29, 1.82) is 0 Å². The van der Waals surface area contributed by atoms with Gasteiger partial charge >= 0.3 is 0 Å². The molecule has 0 saturated heterocycles. The zero-order chi connectivity index (χ0) is 14.8. The second kappa shape index (κ2) is 5.92. The Hall–Kier alpha value is -1.42. The molecule has 20 heavy (non-hydrogen) atoms. The van der Waals surface area contributed by atoms with Crippen LogP contribution in [0.5, 0.6) is 0 Å². The van der Waals surface area contributed by atoms with Crippen LogP contribution in [0.15, 0.2) is 18.2 Å². The maximum absolute atomic E-state index is 13.3. The van der Waals surface area contributed by atoms with Crippen molar-refractivity contribution in [3.63, 3.8) is 0 Å². The number of amides is 1. The van der Waals surface area contributed by atoms with Crippen molar-refractivity contribution in [2.24, 2.45) is 11.1 Å². The van der Waals surface area contributed by atoms with Gasteiger partial charge in [0.05, 0.1) is 0 Å². The number of hydrogen-bond acceptors (Lipinski definition) is 2. The Morgan fingerprint density at radius 3 is 2.85 bits per heavy atom. The molecule has 1 aliphatic rings. The molecular weight excluding hydrogens is 255 g/mol. The van der Waals surface area contributed by atoms with E-state index in [4.69, 9.17) is 5.73 Å². The first kappa shape index (κ1) is 15.0. The summed E-state index contributed by atoms with van der Waals surface area (Å²) in [6.07, 6.45) is 3.02. The zero-order valence-corrected chi connectivity index (χ0v) is 12.3. The van der Waals surface area contributed by atoms with Crippen molar-refractivity contribution in [3.8, 4) is 0 Å². The molecule has 1 aromatic carbocycles. The first-order valence-electron chi connectivity index (χ1n) is 7.22. The molecule has 110 valence electrons. The van der Waals surface area contributed by atoms with Crippen LogP contribution in [0.2, 0.25) is 0 Å². The summed E-state index contributed by atoms with van der Waals surface area (Å²) in [5, 5.41) is 0. The van der Waals surface area contributed by atoms with E-state index in [-0.39, 0.29) is 17.1 Å². The lowest BCUT2D eigenvalue weighted by molar-refractivity contribution is -0.119. The predicted octanol–water partition coefficient (Wildman–Crippen LogP) is 2.87. The lowest BCUT2D eigenvalue weighted by Gasteiger charge is -2.25. The van der Waals surface area contributed by atoms with Gasteiger partial charge in [0.1, 0.15) is 5.82 Å². The number of benzene rings is 1. The molecule has 0 atom stereocenters. The van der Waals surface area contributed by atoms with Crippen molar-refractivity contribution in [2.75, 3.05) is 18.0 Å². The van der Waals surface area contributed by atoms with E-state index in [2.05, 4.69) is 13.8 Å². The van der Waals surface area contributed by atoms with Crippen molar-refractivity contribution in [3.05, 3.63) is 29.6 Å². The number of carbonyl (C=O) groups excluding carboxylic acids is 1. The number of hydrogen-bond donors (Lipinski definition) is 1. The minimum Gasteiger partial charge on any atom is -0.330 e. The van der Waals surface area contributed by atoms with Gasteiger partial charge in [0.15, 0.2) is 0 Å². The van der Waals surface area contributed by atoms with E-state index in [0.29, 0.717) is 19.5 Å². The molecule has 0 fully saturated rings. The second-order valence-corrected chi connectivity index (χ2v) is 6.27. The summed E-state index contributed by atoms with van der Waals surface area (Å²) in [6, 6.07) is 4.69. The van der Waals surface area contributed by atoms with Gasteiger partial charge in [-0.05, 0) is 48.9 Å². The van der Waals surface area contributed by atoms with Gasteiger partial charge in [-0.2, -0.15) is 0 Å². The molecular formula is C16H23FN2O. The number of nitrogens with two attached hydrogens (primary N) is 1. The third kappa shape index (κ3) is 3.37. The van der Waals surface area contributed by atoms with Crippen molar-refractivity contribution in [1.82, 2.24) is 0 Å². The smallest absolute Gasteiger partial charge is 0.227 e. The summed E-state index contributed by atoms with van der Waals surface area (Å²) in [5.74, 6) is -0.202. The molecule has 2 rings (SSSR count). The quantitative estimate of drug-likeness (QED) is 0.900. The standard InChI is InChI=1S/C16H23FN2O/c1-16(2,8-9-18)7-5-15(20)19-10-6-12-3-4-13(17)11-14(12)19/h3-4,11H,5-10,18H2,1-2H3. The summed E-state index contributed by atoms with van der Waals surface area (Å²) in [5.41, 5.74) is 7.46. The Bertz CT molecular complexity index is 499. The van der Waals surface area contributed by atoms with Crippen LogP contribution in [0.4, 0.5) is 10.1 Å². The molecule has 0 saturated carbocycles. The normalized spacial score (nSPS) is 14.5. The fourth-order valence-corrected chi connectivity index (χ4v) is 2.71. The van der Waals surface area contributed by atoms with Gasteiger partial charge < -0.3 is 10.6 Å². The second-order valence-electron chi connectivity index (χ2n) is 6.27. The summed E-state index contributed by atoms with van der Waals surface area (Å²) >= 11 is 0. The van der Waals surface area contributed by atoms with Gasteiger partial charge in [0.2, 0.25) is 5.91 Å². The van der Waals surface area contributed by atoms with Crippen LogP contribution in [0, 0.1) is 11.2 Å². The van der Waals surface area contributed by atoms with E-state index in [1.807, 2.05) is 0 Å². The highest BCUT2D eigenvalue weighted by atomic mass is 19.1. The highest BCUT2D eigenvalue weighted by molar-refractivity contribution is 5.95. The highest BCUT2D eigenvalue weighted by Crippen LogP contribution is 2.31. The maximum atomic E-state index is 13.3. The van der Waals surface area contributed by atoms with Crippen LogP contribution < -0.4 is 10.6 Å². The Morgan fingerprint density at radius 2 is 2.15 bits per heavy atom. The van der Waals surface area contributed by atoms with Gasteiger partial charge in [-0.15, -0.1) is 0 Å². The molecule has 1 heterocycles. The number of nitrogens with zero attached hydrogens (tertiary/aromatic N) is 1.